The number of fused-ring (bicyclic) bond motifs is 1. The molecule has 1 unspecified atom stereocenters. The van der Waals surface area contributed by atoms with Crippen molar-refractivity contribution in [3.8, 4) is 0 Å². The summed E-state index contributed by atoms with van der Waals surface area (Å²) in [6.45, 7) is 0. The quantitative estimate of drug-likeness (QED) is 0.735. The number of hydrogen-bond donors (Lipinski definition) is 1. The maximum Gasteiger partial charge on any atom is 0.109 e. The Morgan fingerprint density at radius 3 is 3.12 bits per heavy atom. The van der Waals surface area contributed by atoms with E-state index in [4.69, 9.17) is 0 Å². The van der Waals surface area contributed by atoms with E-state index in [0.29, 0.717) is 0 Å². The zero-order valence-electron chi connectivity index (χ0n) is 9.51. The van der Waals surface area contributed by atoms with Crippen molar-refractivity contribution in [3.63, 3.8) is 0 Å². The van der Waals surface area contributed by atoms with Crippen molar-refractivity contribution in [1.82, 2.24) is 15.5 Å². The lowest BCUT2D eigenvalue weighted by atomic mass is 9.93. The number of likely N-dealkylation sites (N-methyl/N-ethyl adjacent to an activating group) is 1. The fourth-order valence-electron chi connectivity index (χ4n) is 2.99. The molecule has 0 saturated carbocycles. The fourth-order valence-corrected chi connectivity index (χ4v) is 2.99. The molecule has 1 aliphatic heterocycles. The summed E-state index contributed by atoms with van der Waals surface area (Å²) in [5.74, 6) is 0. The normalized spacial score (nSPS) is 25.9. The molecule has 1 atom stereocenters. The van der Waals surface area contributed by atoms with E-state index in [2.05, 4.69) is 38.8 Å². The van der Waals surface area contributed by atoms with Crippen LogP contribution in [0.2, 0.25) is 0 Å². The number of nitrogens with zero attached hydrogens (tertiary/aromatic N) is 3. The van der Waals surface area contributed by atoms with Gasteiger partial charge in [0.15, 0.2) is 0 Å². The molecule has 2 aromatic rings. The highest BCUT2D eigenvalue weighted by molar-refractivity contribution is 5.96. The van der Waals surface area contributed by atoms with E-state index in [9.17, 15) is 0 Å². The first-order chi connectivity index (χ1) is 8.31. The van der Waals surface area contributed by atoms with Crippen molar-refractivity contribution in [2.24, 2.45) is 5.10 Å². The first kappa shape index (κ1) is 9.13. The summed E-state index contributed by atoms with van der Waals surface area (Å²) >= 11 is 0. The summed E-state index contributed by atoms with van der Waals surface area (Å²) in [7, 11) is 2.03. The minimum absolute atomic E-state index is 0.157. The smallest absolute Gasteiger partial charge is 0.109 e. The molecular weight excluding hydrogens is 212 g/mol. The Hall–Kier alpha value is -1.94. The van der Waals surface area contributed by atoms with Gasteiger partial charge in [-0.05, 0) is 10.9 Å². The van der Waals surface area contributed by atoms with Crippen molar-refractivity contribution in [2.45, 2.75) is 12.0 Å². The summed E-state index contributed by atoms with van der Waals surface area (Å²) in [6, 6.07) is 6.41. The molecule has 4 rings (SSSR count). The average Bonchev–Trinajstić information content (AvgIpc) is 2.86. The van der Waals surface area contributed by atoms with E-state index >= 15 is 0 Å². The summed E-state index contributed by atoms with van der Waals surface area (Å²) in [5.41, 5.74) is 5.48. The molecule has 4 nitrogen and oxygen atoms in total. The van der Waals surface area contributed by atoms with Crippen molar-refractivity contribution >= 4 is 17.0 Å². The van der Waals surface area contributed by atoms with Crippen LogP contribution < -0.4 is 5.53 Å². The van der Waals surface area contributed by atoms with Crippen LogP contribution >= 0.6 is 0 Å². The van der Waals surface area contributed by atoms with Crippen molar-refractivity contribution in [3.05, 3.63) is 41.7 Å². The first-order valence-corrected chi connectivity index (χ1v) is 5.71. The van der Waals surface area contributed by atoms with Gasteiger partial charge in [-0.1, -0.05) is 18.2 Å². The first-order valence-electron chi connectivity index (χ1n) is 5.71. The van der Waals surface area contributed by atoms with Crippen LogP contribution in [0.15, 0.2) is 35.7 Å². The molecule has 1 aliphatic carbocycles. The molecule has 0 radical (unpaired) electrons. The molecule has 2 aliphatic rings. The van der Waals surface area contributed by atoms with E-state index in [1.54, 1.807) is 0 Å². The summed E-state index contributed by atoms with van der Waals surface area (Å²) in [6.07, 6.45) is 6.84. The van der Waals surface area contributed by atoms with Gasteiger partial charge in [-0.3, -0.25) is 4.98 Å². The lowest BCUT2D eigenvalue weighted by Gasteiger charge is -2.29. The van der Waals surface area contributed by atoms with E-state index < -0.39 is 0 Å². The van der Waals surface area contributed by atoms with Gasteiger partial charge in [-0.25, -0.2) is 5.53 Å². The molecule has 17 heavy (non-hydrogen) atoms. The zero-order valence-corrected chi connectivity index (χ0v) is 9.51. The highest BCUT2D eigenvalue weighted by Crippen LogP contribution is 2.43. The molecule has 0 fully saturated rings. The van der Waals surface area contributed by atoms with Crippen LogP contribution in [0.5, 0.6) is 0 Å². The second-order valence-corrected chi connectivity index (χ2v) is 4.72. The Morgan fingerprint density at radius 1 is 1.35 bits per heavy atom. The van der Waals surface area contributed by atoms with Crippen LogP contribution in [0.3, 0.4) is 0 Å². The topological polar surface area (TPSA) is 40.5 Å². The van der Waals surface area contributed by atoms with Crippen LogP contribution in [0.1, 0.15) is 11.1 Å². The molecule has 0 saturated heterocycles. The van der Waals surface area contributed by atoms with Gasteiger partial charge in [-0.2, -0.15) is 10.1 Å². The van der Waals surface area contributed by atoms with Crippen molar-refractivity contribution < 1.29 is 0 Å². The molecular formula is C13H12N4. The monoisotopic (exact) mass is 224 g/mol. The summed E-state index contributed by atoms with van der Waals surface area (Å²) in [5, 5.41) is 8.80. The molecule has 1 aromatic carbocycles. The number of aromatic nitrogens is 1. The van der Waals surface area contributed by atoms with Gasteiger partial charge in [0.1, 0.15) is 5.54 Å². The Kier molecular flexibility index (Phi) is 1.52. The number of benzene rings is 1. The second-order valence-electron chi connectivity index (χ2n) is 4.72. The standard InChI is InChI=1S/C13H12N4/c1-17-13(8-15-16-17)5-9-3-2-4-10-6-14-7-11(13)12(9)10/h2-4,6-8,16H,5H2,1H3. The van der Waals surface area contributed by atoms with Crippen LogP contribution in [0.25, 0.3) is 10.8 Å². The van der Waals surface area contributed by atoms with Crippen molar-refractivity contribution in [2.75, 3.05) is 7.05 Å². The molecule has 2 heterocycles. The SMILES string of the molecule is CN1NN=CC12Cc1cccc3cncc2c13. The third-order valence-electron chi connectivity index (χ3n) is 3.88. The molecule has 84 valence electrons. The minimum Gasteiger partial charge on any atom is -0.264 e. The number of nitrogens with one attached hydrogen (secondary N) is 1. The van der Waals surface area contributed by atoms with Crippen LogP contribution in [-0.2, 0) is 12.0 Å². The van der Waals surface area contributed by atoms with Gasteiger partial charge in [-0.15, -0.1) is 0 Å². The van der Waals surface area contributed by atoms with Gasteiger partial charge in [0.05, 0.1) is 6.21 Å². The predicted octanol–water partition coefficient (Wildman–Crippen LogP) is 1.42. The Morgan fingerprint density at radius 2 is 2.29 bits per heavy atom. The van der Waals surface area contributed by atoms with Gasteiger partial charge >= 0.3 is 0 Å². The maximum atomic E-state index is 4.35. The van der Waals surface area contributed by atoms with E-state index in [0.717, 1.165) is 6.42 Å². The highest BCUT2D eigenvalue weighted by Gasteiger charge is 2.44. The van der Waals surface area contributed by atoms with Crippen LogP contribution in [-0.4, -0.2) is 23.3 Å². The fraction of sp³-hybridized carbons (Fsp3) is 0.231. The largest absolute Gasteiger partial charge is 0.264 e. The molecule has 1 aromatic heterocycles. The van der Waals surface area contributed by atoms with Crippen LogP contribution in [0.4, 0.5) is 0 Å². The number of hydrazone groups is 1. The van der Waals surface area contributed by atoms with E-state index in [1.165, 1.54) is 21.9 Å². The number of pyridine rings is 1. The van der Waals surface area contributed by atoms with Gasteiger partial charge < -0.3 is 0 Å². The average molecular weight is 224 g/mol. The highest BCUT2D eigenvalue weighted by atomic mass is 15.7. The summed E-state index contributed by atoms with van der Waals surface area (Å²) in [4.78, 5) is 4.35. The molecule has 0 bridgehead atoms. The Balaban J connectivity index is 2.10. The Labute approximate surface area is 98.9 Å². The number of hydrogen-bond acceptors (Lipinski definition) is 4. The molecule has 1 spiro atoms. The maximum absolute atomic E-state index is 4.35. The second kappa shape index (κ2) is 2.84. The lowest BCUT2D eigenvalue weighted by Crippen LogP contribution is -2.45. The molecule has 0 amide bonds. The zero-order chi connectivity index (χ0) is 11.5. The van der Waals surface area contributed by atoms with Crippen LogP contribution in [0, 0.1) is 0 Å². The third-order valence-corrected chi connectivity index (χ3v) is 3.88. The molecule has 4 heteroatoms. The predicted molar refractivity (Wildman–Crippen MR) is 66.5 cm³/mol. The number of rotatable bonds is 0. The molecule has 1 N–H and O–H groups in total. The summed E-state index contributed by atoms with van der Waals surface area (Å²) < 4.78 is 0. The van der Waals surface area contributed by atoms with Crippen molar-refractivity contribution in [1.29, 1.82) is 0 Å². The van der Waals surface area contributed by atoms with Gasteiger partial charge in [0, 0.05) is 36.8 Å². The van der Waals surface area contributed by atoms with E-state index in [1.807, 2.05) is 25.7 Å². The van der Waals surface area contributed by atoms with Gasteiger partial charge in [0.25, 0.3) is 0 Å². The number of hydrazine groups is 1. The van der Waals surface area contributed by atoms with E-state index in [-0.39, 0.29) is 5.54 Å². The third kappa shape index (κ3) is 0.964. The van der Waals surface area contributed by atoms with Gasteiger partial charge in [0.2, 0.25) is 0 Å². The lowest BCUT2D eigenvalue weighted by molar-refractivity contribution is 0.153. The Bertz CT molecular complexity index is 644. The minimum atomic E-state index is -0.157.